The fourth-order valence-corrected chi connectivity index (χ4v) is 2.24. The van der Waals surface area contributed by atoms with Gasteiger partial charge in [0.15, 0.2) is 0 Å². The highest BCUT2D eigenvalue weighted by Crippen LogP contribution is 2.20. The quantitative estimate of drug-likeness (QED) is 0.768. The van der Waals surface area contributed by atoms with Crippen molar-refractivity contribution in [3.05, 3.63) is 0 Å². The van der Waals surface area contributed by atoms with Gasteiger partial charge >= 0.3 is 0 Å². The molecule has 0 radical (unpaired) electrons. The summed E-state index contributed by atoms with van der Waals surface area (Å²) in [5, 5.41) is 5.58. The Balaban J connectivity index is 2.27. The molecule has 1 aliphatic heterocycles. The normalized spacial score (nSPS) is 14.1. The molecule has 2 N–H and O–H groups in total. The van der Waals surface area contributed by atoms with Crippen LogP contribution in [0.5, 0.6) is 0 Å². The van der Waals surface area contributed by atoms with E-state index in [2.05, 4.69) is 30.5 Å². The van der Waals surface area contributed by atoms with Crippen molar-refractivity contribution in [1.82, 2.24) is 20.3 Å². The largest absolute Gasteiger partial charge is 0.358 e. The van der Waals surface area contributed by atoms with Crippen molar-refractivity contribution in [3.63, 3.8) is 0 Å². The summed E-state index contributed by atoms with van der Waals surface area (Å²) in [5.74, 6) is 1.67. The molecule has 1 aromatic heterocycles. The van der Waals surface area contributed by atoms with E-state index in [1.165, 1.54) is 0 Å². The standard InChI is InChI=1S/C13H23N7O/c1-4-19(9-10(21)14-2)12-16-11(15-3)17-13(18-12)20-7-5-6-8-20/h4-9H2,1-3H3,(H,14,21)(H,15,16,17,18). The van der Waals surface area contributed by atoms with Crippen molar-refractivity contribution in [3.8, 4) is 0 Å². The number of carbonyl (C=O) groups is 1. The van der Waals surface area contributed by atoms with E-state index >= 15 is 0 Å². The van der Waals surface area contributed by atoms with Crippen LogP contribution >= 0.6 is 0 Å². The molecule has 1 saturated heterocycles. The molecule has 1 aromatic rings. The molecule has 1 amide bonds. The number of nitrogens with zero attached hydrogens (tertiary/aromatic N) is 5. The summed E-state index contributed by atoms with van der Waals surface area (Å²) in [6.45, 7) is 4.79. The smallest absolute Gasteiger partial charge is 0.239 e. The monoisotopic (exact) mass is 293 g/mol. The Morgan fingerprint density at radius 3 is 2.52 bits per heavy atom. The lowest BCUT2D eigenvalue weighted by Crippen LogP contribution is -2.37. The van der Waals surface area contributed by atoms with Gasteiger partial charge in [0.1, 0.15) is 0 Å². The summed E-state index contributed by atoms with van der Waals surface area (Å²) in [7, 11) is 3.40. The molecule has 116 valence electrons. The number of anilines is 3. The Hall–Kier alpha value is -2.12. The van der Waals surface area contributed by atoms with Crippen LogP contribution in [0.4, 0.5) is 17.8 Å². The second-order valence-electron chi connectivity index (χ2n) is 4.89. The van der Waals surface area contributed by atoms with E-state index < -0.39 is 0 Å². The molecule has 0 bridgehead atoms. The van der Waals surface area contributed by atoms with E-state index in [9.17, 15) is 4.79 Å². The van der Waals surface area contributed by atoms with Crippen molar-refractivity contribution < 1.29 is 4.79 Å². The summed E-state index contributed by atoms with van der Waals surface area (Å²) in [6, 6.07) is 0. The SMILES string of the molecule is CCN(CC(=O)NC)c1nc(NC)nc(N2CCCC2)n1. The molecule has 0 aromatic carbocycles. The first-order chi connectivity index (χ1) is 10.2. The molecular weight excluding hydrogens is 270 g/mol. The Kier molecular flexibility index (Phi) is 5.13. The van der Waals surface area contributed by atoms with Crippen LogP contribution in [-0.2, 0) is 4.79 Å². The summed E-state index contributed by atoms with van der Waals surface area (Å²) in [5.41, 5.74) is 0. The minimum Gasteiger partial charge on any atom is -0.358 e. The van der Waals surface area contributed by atoms with Gasteiger partial charge in [-0.15, -0.1) is 0 Å². The molecule has 2 heterocycles. The van der Waals surface area contributed by atoms with Crippen LogP contribution in [0.3, 0.4) is 0 Å². The molecule has 2 rings (SSSR count). The van der Waals surface area contributed by atoms with Gasteiger partial charge in [-0.3, -0.25) is 4.79 Å². The number of aromatic nitrogens is 3. The minimum absolute atomic E-state index is 0.0639. The first-order valence-electron chi connectivity index (χ1n) is 7.32. The Bertz CT molecular complexity index is 487. The van der Waals surface area contributed by atoms with E-state index in [0.717, 1.165) is 25.9 Å². The van der Waals surface area contributed by atoms with Crippen LogP contribution in [0.2, 0.25) is 0 Å². The number of likely N-dealkylation sites (N-methyl/N-ethyl adjacent to an activating group) is 2. The fraction of sp³-hybridized carbons (Fsp3) is 0.692. The van der Waals surface area contributed by atoms with Gasteiger partial charge in [-0.2, -0.15) is 15.0 Å². The molecule has 0 saturated carbocycles. The molecule has 8 heteroatoms. The Labute approximate surface area is 125 Å². The molecule has 21 heavy (non-hydrogen) atoms. The maximum Gasteiger partial charge on any atom is 0.239 e. The van der Waals surface area contributed by atoms with Gasteiger partial charge in [0.25, 0.3) is 0 Å². The summed E-state index contributed by atoms with van der Waals surface area (Å²) in [4.78, 5) is 28.9. The molecule has 1 fully saturated rings. The lowest BCUT2D eigenvalue weighted by atomic mass is 10.4. The third kappa shape index (κ3) is 3.71. The highest BCUT2D eigenvalue weighted by atomic mass is 16.1. The lowest BCUT2D eigenvalue weighted by molar-refractivity contribution is -0.119. The fourth-order valence-electron chi connectivity index (χ4n) is 2.24. The average Bonchev–Trinajstić information content (AvgIpc) is 3.06. The van der Waals surface area contributed by atoms with Crippen LogP contribution < -0.4 is 20.4 Å². The van der Waals surface area contributed by atoms with Crippen molar-refractivity contribution >= 4 is 23.8 Å². The van der Waals surface area contributed by atoms with Gasteiger partial charge in [0.05, 0.1) is 6.54 Å². The van der Waals surface area contributed by atoms with Gasteiger partial charge in [-0.05, 0) is 19.8 Å². The van der Waals surface area contributed by atoms with Gasteiger partial charge in [0, 0.05) is 33.7 Å². The van der Waals surface area contributed by atoms with Crippen molar-refractivity contribution in [1.29, 1.82) is 0 Å². The molecule has 0 spiro atoms. The third-order valence-electron chi connectivity index (χ3n) is 3.50. The molecule has 1 aliphatic rings. The first-order valence-corrected chi connectivity index (χ1v) is 7.32. The van der Waals surface area contributed by atoms with E-state index in [1.54, 1.807) is 14.1 Å². The molecular formula is C13H23N7O. The molecule has 8 nitrogen and oxygen atoms in total. The van der Waals surface area contributed by atoms with Gasteiger partial charge in [-0.25, -0.2) is 0 Å². The number of hydrogen-bond donors (Lipinski definition) is 2. The van der Waals surface area contributed by atoms with E-state index in [-0.39, 0.29) is 12.5 Å². The van der Waals surface area contributed by atoms with Crippen LogP contribution in [0.25, 0.3) is 0 Å². The second-order valence-corrected chi connectivity index (χ2v) is 4.89. The number of nitrogens with one attached hydrogen (secondary N) is 2. The van der Waals surface area contributed by atoms with E-state index in [4.69, 9.17) is 0 Å². The zero-order chi connectivity index (χ0) is 15.2. The second kappa shape index (κ2) is 7.05. The summed E-state index contributed by atoms with van der Waals surface area (Å²) >= 11 is 0. The molecule has 0 unspecified atom stereocenters. The van der Waals surface area contributed by atoms with Crippen LogP contribution in [0.1, 0.15) is 19.8 Å². The van der Waals surface area contributed by atoms with Crippen molar-refractivity contribution in [2.24, 2.45) is 0 Å². The third-order valence-corrected chi connectivity index (χ3v) is 3.50. The Morgan fingerprint density at radius 2 is 1.95 bits per heavy atom. The maximum atomic E-state index is 11.6. The summed E-state index contributed by atoms with van der Waals surface area (Å²) < 4.78 is 0. The predicted molar refractivity (Wildman–Crippen MR) is 82.8 cm³/mol. The van der Waals surface area contributed by atoms with Crippen LogP contribution in [-0.4, -0.2) is 61.1 Å². The van der Waals surface area contributed by atoms with E-state index in [0.29, 0.717) is 24.4 Å². The van der Waals surface area contributed by atoms with E-state index in [1.807, 2.05) is 11.8 Å². The van der Waals surface area contributed by atoms with Crippen molar-refractivity contribution in [2.45, 2.75) is 19.8 Å². The first kappa shape index (κ1) is 15.3. The van der Waals surface area contributed by atoms with Gasteiger partial charge in [0.2, 0.25) is 23.8 Å². The number of amides is 1. The zero-order valence-electron chi connectivity index (χ0n) is 12.9. The average molecular weight is 293 g/mol. The highest BCUT2D eigenvalue weighted by Gasteiger charge is 2.19. The predicted octanol–water partition coefficient (Wildman–Crippen LogP) is 0.0858. The Morgan fingerprint density at radius 1 is 1.24 bits per heavy atom. The molecule has 0 aliphatic carbocycles. The highest BCUT2D eigenvalue weighted by molar-refractivity contribution is 5.80. The maximum absolute atomic E-state index is 11.6. The van der Waals surface area contributed by atoms with Crippen LogP contribution in [0, 0.1) is 0 Å². The zero-order valence-corrected chi connectivity index (χ0v) is 12.9. The summed E-state index contributed by atoms with van der Waals surface area (Å²) in [6.07, 6.45) is 2.32. The minimum atomic E-state index is -0.0639. The van der Waals surface area contributed by atoms with Crippen LogP contribution in [0.15, 0.2) is 0 Å². The number of hydrogen-bond acceptors (Lipinski definition) is 7. The van der Waals surface area contributed by atoms with Gasteiger partial charge < -0.3 is 20.4 Å². The number of carbonyl (C=O) groups excluding carboxylic acids is 1. The molecule has 0 atom stereocenters. The van der Waals surface area contributed by atoms with Crippen molar-refractivity contribution in [2.75, 3.05) is 55.4 Å². The number of rotatable bonds is 6. The lowest BCUT2D eigenvalue weighted by Gasteiger charge is -2.22. The topological polar surface area (TPSA) is 86.3 Å². The van der Waals surface area contributed by atoms with Gasteiger partial charge in [-0.1, -0.05) is 0 Å².